The molecule has 0 radical (unpaired) electrons. The molecule has 7 nitrogen and oxygen atoms in total. The van der Waals surface area contributed by atoms with E-state index in [1.807, 2.05) is 6.92 Å². The summed E-state index contributed by atoms with van der Waals surface area (Å²) in [5.41, 5.74) is 0. The Morgan fingerprint density at radius 3 is 2.90 bits per heavy atom. The monoisotopic (exact) mass is 281 g/mol. The molecule has 0 bridgehead atoms. The van der Waals surface area contributed by atoms with Gasteiger partial charge in [-0.15, -0.1) is 0 Å². The molecule has 1 aliphatic heterocycles. The number of hydrogen-bond acceptors (Lipinski definition) is 4. The van der Waals surface area contributed by atoms with Crippen LogP contribution in [0.2, 0.25) is 0 Å². The van der Waals surface area contributed by atoms with E-state index in [2.05, 4.69) is 10.4 Å². The first-order valence-electron chi connectivity index (χ1n) is 6.70. The number of carboxylic acid groups (broad SMARTS) is 1. The number of aliphatic carboxylic acids is 1. The van der Waals surface area contributed by atoms with E-state index in [9.17, 15) is 9.59 Å². The molecule has 0 aliphatic carbocycles. The molecule has 0 aromatic carbocycles. The first-order chi connectivity index (χ1) is 9.56. The summed E-state index contributed by atoms with van der Waals surface area (Å²) in [4.78, 5) is 22.7. The first kappa shape index (κ1) is 14.5. The summed E-state index contributed by atoms with van der Waals surface area (Å²) < 4.78 is 6.56. The largest absolute Gasteiger partial charge is 0.480 e. The van der Waals surface area contributed by atoms with Gasteiger partial charge in [0.15, 0.2) is 5.82 Å². The molecule has 2 N–H and O–H groups in total. The number of nitrogens with one attached hydrogen (secondary N) is 1. The summed E-state index contributed by atoms with van der Waals surface area (Å²) in [6, 6.07) is 1.59. The molecular weight excluding hydrogens is 262 g/mol. The quantitative estimate of drug-likeness (QED) is 0.838. The van der Waals surface area contributed by atoms with E-state index in [0.717, 1.165) is 12.8 Å². The van der Waals surface area contributed by atoms with Gasteiger partial charge in [0, 0.05) is 31.4 Å². The van der Waals surface area contributed by atoms with Crippen molar-refractivity contribution in [2.24, 2.45) is 11.8 Å². The second kappa shape index (κ2) is 6.51. The van der Waals surface area contributed by atoms with Crippen molar-refractivity contribution in [2.75, 3.05) is 18.5 Å². The number of nitrogens with zero attached hydrogens (tertiary/aromatic N) is 2. The zero-order valence-corrected chi connectivity index (χ0v) is 11.4. The van der Waals surface area contributed by atoms with E-state index in [1.165, 1.54) is 10.9 Å². The summed E-state index contributed by atoms with van der Waals surface area (Å²) in [5, 5.41) is 15.4. The lowest BCUT2D eigenvalue weighted by Crippen LogP contribution is -2.31. The topological polar surface area (TPSA) is 93.5 Å². The van der Waals surface area contributed by atoms with E-state index in [1.54, 1.807) is 6.07 Å². The number of carbonyl (C=O) groups excluding carboxylic acids is 1. The average Bonchev–Trinajstić information content (AvgIpc) is 2.85. The molecule has 2 rings (SSSR count). The van der Waals surface area contributed by atoms with Crippen LogP contribution in [-0.4, -0.2) is 40.0 Å². The van der Waals surface area contributed by atoms with E-state index < -0.39 is 5.97 Å². The van der Waals surface area contributed by atoms with Gasteiger partial charge >= 0.3 is 5.97 Å². The van der Waals surface area contributed by atoms with Crippen LogP contribution >= 0.6 is 0 Å². The van der Waals surface area contributed by atoms with Gasteiger partial charge in [-0.3, -0.25) is 14.3 Å². The van der Waals surface area contributed by atoms with Crippen molar-refractivity contribution in [3.63, 3.8) is 0 Å². The SMILES string of the molecule is CC(C(=O)Nc1ccn(CC(=O)O)n1)C1CCOCC1. The van der Waals surface area contributed by atoms with Crippen LogP contribution < -0.4 is 5.32 Å². The Balaban J connectivity index is 1.89. The first-order valence-corrected chi connectivity index (χ1v) is 6.70. The van der Waals surface area contributed by atoms with Gasteiger partial charge in [0.05, 0.1) is 0 Å². The molecule has 1 unspecified atom stereocenters. The molecular formula is C13H19N3O4. The smallest absolute Gasteiger partial charge is 0.325 e. The third-order valence-corrected chi connectivity index (χ3v) is 3.58. The van der Waals surface area contributed by atoms with Gasteiger partial charge < -0.3 is 15.2 Å². The van der Waals surface area contributed by atoms with Crippen LogP contribution in [0, 0.1) is 11.8 Å². The normalized spacial score (nSPS) is 17.6. The third-order valence-electron chi connectivity index (χ3n) is 3.58. The number of hydrogen-bond donors (Lipinski definition) is 2. The minimum absolute atomic E-state index is 0.0857. The third kappa shape index (κ3) is 3.80. The summed E-state index contributed by atoms with van der Waals surface area (Å²) in [7, 11) is 0. The van der Waals surface area contributed by atoms with Crippen molar-refractivity contribution in [3.05, 3.63) is 12.3 Å². The molecule has 0 spiro atoms. The highest BCUT2D eigenvalue weighted by molar-refractivity contribution is 5.91. The summed E-state index contributed by atoms with van der Waals surface area (Å²) in [6.45, 7) is 3.09. The predicted molar refractivity (Wildman–Crippen MR) is 71.2 cm³/mol. The molecule has 1 atom stereocenters. The number of amides is 1. The van der Waals surface area contributed by atoms with Crippen LogP contribution in [0.4, 0.5) is 5.82 Å². The molecule has 1 saturated heterocycles. The van der Waals surface area contributed by atoms with E-state index in [0.29, 0.717) is 24.9 Å². The van der Waals surface area contributed by atoms with Crippen LogP contribution in [0.3, 0.4) is 0 Å². The Bertz CT molecular complexity index is 480. The minimum Gasteiger partial charge on any atom is -0.480 e. The zero-order chi connectivity index (χ0) is 14.5. The molecule has 1 fully saturated rings. The predicted octanol–water partition coefficient (Wildman–Crippen LogP) is 0.969. The van der Waals surface area contributed by atoms with E-state index >= 15 is 0 Å². The molecule has 1 aromatic rings. The van der Waals surface area contributed by atoms with Crippen molar-refractivity contribution in [3.8, 4) is 0 Å². The Labute approximate surface area is 116 Å². The Morgan fingerprint density at radius 1 is 1.55 bits per heavy atom. The number of carboxylic acids is 1. The molecule has 1 aromatic heterocycles. The summed E-state index contributed by atoms with van der Waals surface area (Å²) >= 11 is 0. The molecule has 0 saturated carbocycles. The fraction of sp³-hybridized carbons (Fsp3) is 0.615. The lowest BCUT2D eigenvalue weighted by molar-refractivity contribution is -0.137. The molecule has 7 heteroatoms. The van der Waals surface area contributed by atoms with Crippen LogP contribution in [-0.2, 0) is 20.9 Å². The van der Waals surface area contributed by atoms with Crippen LogP contribution in [0.1, 0.15) is 19.8 Å². The Morgan fingerprint density at radius 2 is 2.25 bits per heavy atom. The minimum atomic E-state index is -0.971. The fourth-order valence-corrected chi connectivity index (χ4v) is 2.32. The second-order valence-electron chi connectivity index (χ2n) is 5.02. The Kier molecular flexibility index (Phi) is 4.73. The van der Waals surface area contributed by atoms with Gasteiger partial charge in [0.25, 0.3) is 0 Å². The zero-order valence-electron chi connectivity index (χ0n) is 11.4. The maximum Gasteiger partial charge on any atom is 0.325 e. The van der Waals surface area contributed by atoms with Crippen molar-refractivity contribution >= 4 is 17.7 Å². The van der Waals surface area contributed by atoms with Gasteiger partial charge in [-0.2, -0.15) is 5.10 Å². The van der Waals surface area contributed by atoms with E-state index in [4.69, 9.17) is 9.84 Å². The van der Waals surface area contributed by atoms with Gasteiger partial charge in [-0.1, -0.05) is 6.92 Å². The number of ether oxygens (including phenoxy) is 1. The lowest BCUT2D eigenvalue weighted by Gasteiger charge is -2.26. The van der Waals surface area contributed by atoms with Crippen molar-refractivity contribution < 1.29 is 19.4 Å². The maximum absolute atomic E-state index is 12.1. The summed E-state index contributed by atoms with van der Waals surface area (Å²) in [6.07, 6.45) is 3.31. The van der Waals surface area contributed by atoms with Crippen LogP contribution in [0.25, 0.3) is 0 Å². The molecule has 2 heterocycles. The van der Waals surface area contributed by atoms with Crippen LogP contribution in [0.15, 0.2) is 12.3 Å². The maximum atomic E-state index is 12.1. The Hall–Kier alpha value is -1.89. The van der Waals surface area contributed by atoms with E-state index in [-0.39, 0.29) is 18.4 Å². The van der Waals surface area contributed by atoms with Crippen molar-refractivity contribution in [1.82, 2.24) is 9.78 Å². The van der Waals surface area contributed by atoms with Crippen molar-refractivity contribution in [1.29, 1.82) is 0 Å². The number of carbonyl (C=O) groups is 2. The van der Waals surface area contributed by atoms with Crippen LogP contribution in [0.5, 0.6) is 0 Å². The standard InChI is InChI=1S/C13H19N3O4/c1-9(10-3-6-20-7-4-10)13(19)14-11-2-5-16(15-11)8-12(17)18/h2,5,9-10H,3-4,6-8H2,1H3,(H,17,18)(H,14,15,19). The lowest BCUT2D eigenvalue weighted by atomic mass is 9.87. The second-order valence-corrected chi connectivity index (χ2v) is 5.02. The molecule has 1 amide bonds. The van der Waals surface area contributed by atoms with Gasteiger partial charge in [-0.05, 0) is 18.8 Å². The van der Waals surface area contributed by atoms with Gasteiger partial charge in [0.2, 0.25) is 5.91 Å². The summed E-state index contributed by atoms with van der Waals surface area (Å²) in [5.74, 6) is -0.456. The average molecular weight is 281 g/mol. The van der Waals surface area contributed by atoms with Gasteiger partial charge in [-0.25, -0.2) is 0 Å². The van der Waals surface area contributed by atoms with Gasteiger partial charge in [0.1, 0.15) is 6.54 Å². The highest BCUT2D eigenvalue weighted by atomic mass is 16.5. The molecule has 1 aliphatic rings. The fourth-order valence-electron chi connectivity index (χ4n) is 2.32. The molecule has 110 valence electrons. The molecule has 20 heavy (non-hydrogen) atoms. The highest BCUT2D eigenvalue weighted by Crippen LogP contribution is 2.24. The van der Waals surface area contributed by atoms with Crippen molar-refractivity contribution in [2.45, 2.75) is 26.3 Å². The number of rotatable bonds is 5. The number of aromatic nitrogens is 2. The highest BCUT2D eigenvalue weighted by Gasteiger charge is 2.26. The number of anilines is 1.